The molecule has 0 amide bonds. The number of nitrogens with zero attached hydrogens (tertiary/aromatic N) is 2. The van der Waals surface area contributed by atoms with Crippen molar-refractivity contribution in [1.29, 1.82) is 0 Å². The minimum atomic E-state index is -1.14. The van der Waals surface area contributed by atoms with E-state index in [0.29, 0.717) is 12.7 Å². The molecule has 0 aromatic carbocycles. The van der Waals surface area contributed by atoms with Crippen molar-refractivity contribution in [2.45, 2.75) is 6.42 Å². The molecule has 0 rings (SSSR count). The number of hydrogen-bond donors (Lipinski definition) is 4. The van der Waals surface area contributed by atoms with E-state index in [1.165, 1.54) is 9.80 Å². The van der Waals surface area contributed by atoms with Crippen molar-refractivity contribution in [3.8, 4) is 0 Å². The van der Waals surface area contributed by atoms with Crippen LogP contribution in [0.3, 0.4) is 0 Å². The van der Waals surface area contributed by atoms with Crippen LogP contribution in [0.15, 0.2) is 0 Å². The van der Waals surface area contributed by atoms with E-state index < -0.39 is 31.0 Å². The Morgan fingerprint density at radius 1 is 0.818 bits per heavy atom. The van der Waals surface area contributed by atoms with Crippen LogP contribution in [0, 0.1) is 0 Å². The summed E-state index contributed by atoms with van der Waals surface area (Å²) < 4.78 is 0. The van der Waals surface area contributed by atoms with Gasteiger partial charge in [-0.1, -0.05) is 0 Å². The zero-order valence-electron chi connectivity index (χ0n) is 12.3. The van der Waals surface area contributed by atoms with Crippen LogP contribution in [0.4, 0.5) is 0 Å². The number of carbonyl (C=O) groups is 4. The highest BCUT2D eigenvalue weighted by atomic mass is 16.4. The Labute approximate surface area is 127 Å². The van der Waals surface area contributed by atoms with Crippen LogP contribution in [0.25, 0.3) is 0 Å². The molecule has 0 aromatic rings. The van der Waals surface area contributed by atoms with Gasteiger partial charge in [-0.05, 0) is 6.42 Å². The SMILES string of the molecule is CO.O=CCN(CCCN(CC(=O)O)CC(=O)O)CC(=O)O. The van der Waals surface area contributed by atoms with Crippen molar-refractivity contribution in [2.75, 3.05) is 46.4 Å². The molecule has 0 aliphatic heterocycles. The van der Waals surface area contributed by atoms with E-state index in [-0.39, 0.29) is 26.2 Å². The van der Waals surface area contributed by atoms with E-state index in [9.17, 15) is 19.2 Å². The number of aliphatic hydroxyl groups excluding tert-OH is 1. The van der Waals surface area contributed by atoms with Gasteiger partial charge in [0.15, 0.2) is 0 Å². The number of aliphatic hydroxyl groups is 1. The molecule has 0 spiro atoms. The summed E-state index contributed by atoms with van der Waals surface area (Å²) in [4.78, 5) is 44.7. The first-order chi connectivity index (χ1) is 10.3. The summed E-state index contributed by atoms with van der Waals surface area (Å²) in [5.41, 5.74) is 0. The summed E-state index contributed by atoms with van der Waals surface area (Å²) in [7, 11) is 1.00. The molecule has 22 heavy (non-hydrogen) atoms. The fourth-order valence-electron chi connectivity index (χ4n) is 1.65. The smallest absolute Gasteiger partial charge is 0.317 e. The minimum Gasteiger partial charge on any atom is -0.480 e. The van der Waals surface area contributed by atoms with E-state index in [1.54, 1.807) is 0 Å². The van der Waals surface area contributed by atoms with Crippen molar-refractivity contribution in [2.24, 2.45) is 0 Å². The van der Waals surface area contributed by atoms with Crippen molar-refractivity contribution in [3.63, 3.8) is 0 Å². The van der Waals surface area contributed by atoms with Gasteiger partial charge in [0.05, 0.1) is 26.2 Å². The zero-order chi connectivity index (χ0) is 17.5. The van der Waals surface area contributed by atoms with Crippen LogP contribution in [0.2, 0.25) is 0 Å². The number of carbonyl (C=O) groups excluding carboxylic acids is 1. The van der Waals surface area contributed by atoms with Crippen LogP contribution in [0.1, 0.15) is 6.42 Å². The number of carboxylic acids is 3. The quantitative estimate of drug-likeness (QED) is 0.297. The van der Waals surface area contributed by atoms with E-state index in [2.05, 4.69) is 0 Å². The fourth-order valence-corrected chi connectivity index (χ4v) is 1.65. The molecule has 0 aromatic heterocycles. The molecular formula is C12H22N2O8. The predicted octanol–water partition coefficient (Wildman–Crippen LogP) is -1.96. The van der Waals surface area contributed by atoms with E-state index in [4.69, 9.17) is 20.4 Å². The number of rotatable bonds is 12. The molecule has 10 nitrogen and oxygen atoms in total. The Morgan fingerprint density at radius 3 is 1.55 bits per heavy atom. The molecule has 0 heterocycles. The number of aliphatic carboxylic acids is 3. The first-order valence-corrected chi connectivity index (χ1v) is 6.33. The standard InChI is InChI=1S/C11H18N2O7.CH4O/c14-5-4-12(6-9(15)16)2-1-3-13(7-10(17)18)8-11(19)20;1-2/h5H,1-4,6-8H2,(H,15,16)(H,17,18)(H,19,20);2H,1H3. The lowest BCUT2D eigenvalue weighted by atomic mass is 10.3. The average Bonchev–Trinajstić information content (AvgIpc) is 2.39. The maximum Gasteiger partial charge on any atom is 0.317 e. The lowest BCUT2D eigenvalue weighted by Gasteiger charge is -2.21. The van der Waals surface area contributed by atoms with Gasteiger partial charge in [-0.3, -0.25) is 24.2 Å². The molecule has 0 aliphatic rings. The molecule has 4 N–H and O–H groups in total. The third-order valence-corrected chi connectivity index (χ3v) is 2.36. The molecule has 128 valence electrons. The lowest BCUT2D eigenvalue weighted by Crippen LogP contribution is -2.38. The third kappa shape index (κ3) is 14.4. The van der Waals surface area contributed by atoms with Gasteiger partial charge in [0.2, 0.25) is 0 Å². The second-order valence-electron chi connectivity index (χ2n) is 4.15. The van der Waals surface area contributed by atoms with Crippen LogP contribution >= 0.6 is 0 Å². The topological polar surface area (TPSA) is 156 Å². The van der Waals surface area contributed by atoms with Gasteiger partial charge in [0.1, 0.15) is 6.29 Å². The van der Waals surface area contributed by atoms with Gasteiger partial charge in [-0.25, -0.2) is 0 Å². The van der Waals surface area contributed by atoms with E-state index >= 15 is 0 Å². The largest absolute Gasteiger partial charge is 0.480 e. The highest BCUT2D eigenvalue weighted by Crippen LogP contribution is 1.96. The molecule has 0 saturated heterocycles. The van der Waals surface area contributed by atoms with Gasteiger partial charge < -0.3 is 25.2 Å². The Morgan fingerprint density at radius 2 is 1.18 bits per heavy atom. The molecule has 0 aliphatic carbocycles. The summed E-state index contributed by atoms with van der Waals surface area (Å²) in [6.45, 7) is -0.688. The molecule has 0 atom stereocenters. The third-order valence-electron chi connectivity index (χ3n) is 2.36. The van der Waals surface area contributed by atoms with Gasteiger partial charge in [0, 0.05) is 20.2 Å². The normalized spacial score (nSPS) is 10.0. The molecule has 10 heteroatoms. The molecule has 0 bridgehead atoms. The monoisotopic (exact) mass is 322 g/mol. The van der Waals surface area contributed by atoms with Crippen LogP contribution in [-0.4, -0.2) is 101 Å². The summed E-state index contributed by atoms with van der Waals surface area (Å²) in [6, 6.07) is 0. The predicted molar refractivity (Wildman–Crippen MR) is 74.6 cm³/mol. The molecule has 0 saturated carbocycles. The Hall–Kier alpha value is -2.04. The molecular weight excluding hydrogens is 300 g/mol. The summed E-state index contributed by atoms with van der Waals surface area (Å²) in [6.07, 6.45) is 0.941. The summed E-state index contributed by atoms with van der Waals surface area (Å²) >= 11 is 0. The van der Waals surface area contributed by atoms with Crippen molar-refractivity contribution in [3.05, 3.63) is 0 Å². The lowest BCUT2D eigenvalue weighted by molar-refractivity contribution is -0.142. The second kappa shape index (κ2) is 13.9. The van der Waals surface area contributed by atoms with Crippen LogP contribution in [-0.2, 0) is 19.2 Å². The van der Waals surface area contributed by atoms with E-state index in [1.807, 2.05) is 0 Å². The maximum atomic E-state index is 10.6. The van der Waals surface area contributed by atoms with Crippen molar-refractivity contribution < 1.29 is 39.6 Å². The second-order valence-corrected chi connectivity index (χ2v) is 4.15. The van der Waals surface area contributed by atoms with Crippen molar-refractivity contribution >= 4 is 24.2 Å². The van der Waals surface area contributed by atoms with E-state index in [0.717, 1.165) is 7.11 Å². The highest BCUT2D eigenvalue weighted by Gasteiger charge is 2.14. The van der Waals surface area contributed by atoms with Crippen LogP contribution < -0.4 is 0 Å². The summed E-state index contributed by atoms with van der Waals surface area (Å²) in [5, 5.41) is 32.9. The van der Waals surface area contributed by atoms with Gasteiger partial charge >= 0.3 is 17.9 Å². The van der Waals surface area contributed by atoms with Gasteiger partial charge in [-0.15, -0.1) is 0 Å². The van der Waals surface area contributed by atoms with Gasteiger partial charge in [-0.2, -0.15) is 0 Å². The Kier molecular flexibility index (Phi) is 14.1. The molecule has 0 fully saturated rings. The first kappa shape index (κ1) is 22.2. The first-order valence-electron chi connectivity index (χ1n) is 6.33. The highest BCUT2D eigenvalue weighted by molar-refractivity contribution is 5.72. The van der Waals surface area contributed by atoms with Crippen molar-refractivity contribution in [1.82, 2.24) is 9.80 Å². The number of hydrogen-bond acceptors (Lipinski definition) is 7. The average molecular weight is 322 g/mol. The fraction of sp³-hybridized carbons (Fsp3) is 0.667. The molecule has 0 unspecified atom stereocenters. The number of carboxylic acid groups (broad SMARTS) is 3. The Balaban J connectivity index is 0. The maximum absolute atomic E-state index is 10.6. The van der Waals surface area contributed by atoms with Gasteiger partial charge in [0.25, 0.3) is 0 Å². The minimum absolute atomic E-state index is 0.0375. The zero-order valence-corrected chi connectivity index (χ0v) is 12.3. The molecule has 0 radical (unpaired) electrons. The number of aldehydes is 1. The Bertz CT molecular complexity index is 345. The van der Waals surface area contributed by atoms with Crippen LogP contribution in [0.5, 0.6) is 0 Å². The summed E-state index contributed by atoms with van der Waals surface area (Å²) in [5.74, 6) is -3.34.